The van der Waals surface area contributed by atoms with Gasteiger partial charge >= 0.3 is 0 Å². The Morgan fingerprint density at radius 2 is 1.75 bits per heavy atom. The van der Waals surface area contributed by atoms with Crippen molar-refractivity contribution in [3.8, 4) is 0 Å². The zero-order valence-electron chi connectivity index (χ0n) is 16.4. The van der Waals surface area contributed by atoms with Gasteiger partial charge in [-0.25, -0.2) is 8.42 Å². The third-order valence-electron chi connectivity index (χ3n) is 5.67. The molecular formula is C20H26N3O4S+. The van der Waals surface area contributed by atoms with Gasteiger partial charge in [-0.3, -0.25) is 10.1 Å². The summed E-state index contributed by atoms with van der Waals surface area (Å²) in [6.45, 7) is 8.10. The fourth-order valence-electron chi connectivity index (χ4n) is 3.61. The molecule has 2 aromatic rings. The molecule has 150 valence electrons. The number of piperazine rings is 1. The molecule has 0 bridgehead atoms. The molecule has 3 rings (SSSR count). The standard InChI is InChI=1S/C20H25N3O4S/c1-15-7-8-20(13-16(15)2)28(26,27)22-11-9-21(10-12-22)17(3)18-5-4-6-19(14-18)23(24)25/h4-8,13-14,17H,9-12H2,1-3H3/p+1/t17-/m1/s1. The van der Waals surface area contributed by atoms with Gasteiger partial charge in [0.05, 0.1) is 36.0 Å². The molecule has 1 atom stereocenters. The van der Waals surface area contributed by atoms with Gasteiger partial charge in [-0.05, 0) is 44.0 Å². The van der Waals surface area contributed by atoms with Crippen LogP contribution in [-0.2, 0) is 10.0 Å². The molecule has 2 aromatic carbocycles. The molecule has 7 nitrogen and oxygen atoms in total. The number of nitro groups is 1. The highest BCUT2D eigenvalue weighted by Crippen LogP contribution is 2.20. The lowest BCUT2D eigenvalue weighted by Crippen LogP contribution is -3.14. The predicted octanol–water partition coefficient (Wildman–Crippen LogP) is 1.86. The van der Waals surface area contributed by atoms with Crippen LogP contribution in [0.15, 0.2) is 47.4 Å². The summed E-state index contributed by atoms with van der Waals surface area (Å²) in [6, 6.07) is 12.0. The van der Waals surface area contributed by atoms with Crippen molar-refractivity contribution in [1.29, 1.82) is 0 Å². The zero-order valence-corrected chi connectivity index (χ0v) is 17.2. The van der Waals surface area contributed by atoms with Crippen molar-refractivity contribution in [3.63, 3.8) is 0 Å². The van der Waals surface area contributed by atoms with Gasteiger partial charge < -0.3 is 4.90 Å². The summed E-state index contributed by atoms with van der Waals surface area (Å²) in [4.78, 5) is 12.2. The van der Waals surface area contributed by atoms with E-state index in [2.05, 4.69) is 0 Å². The van der Waals surface area contributed by atoms with E-state index in [0.717, 1.165) is 16.7 Å². The van der Waals surface area contributed by atoms with Gasteiger partial charge in [0.2, 0.25) is 10.0 Å². The molecule has 1 saturated heterocycles. The monoisotopic (exact) mass is 404 g/mol. The second kappa shape index (κ2) is 7.98. The molecule has 1 N–H and O–H groups in total. The fourth-order valence-corrected chi connectivity index (χ4v) is 5.14. The highest BCUT2D eigenvalue weighted by atomic mass is 32.2. The molecule has 1 aliphatic rings. The Hall–Kier alpha value is -2.29. The van der Waals surface area contributed by atoms with Crippen LogP contribution in [0.1, 0.15) is 29.7 Å². The number of nitrogens with zero attached hydrogens (tertiary/aromatic N) is 2. The molecule has 0 aliphatic carbocycles. The molecule has 0 unspecified atom stereocenters. The SMILES string of the molecule is Cc1ccc(S(=O)(=O)N2CC[NH+]([C@H](C)c3cccc([N+](=O)[O-])c3)CC2)cc1C. The van der Waals surface area contributed by atoms with Crippen LogP contribution in [0.4, 0.5) is 5.69 Å². The topological polar surface area (TPSA) is 85.0 Å². The third kappa shape index (κ3) is 4.09. The molecule has 1 heterocycles. The van der Waals surface area contributed by atoms with Gasteiger partial charge in [0.25, 0.3) is 5.69 Å². The highest BCUT2D eigenvalue weighted by Gasteiger charge is 2.33. The predicted molar refractivity (Wildman–Crippen MR) is 107 cm³/mol. The maximum atomic E-state index is 13.0. The Morgan fingerprint density at radius 3 is 2.36 bits per heavy atom. The van der Waals surface area contributed by atoms with Crippen molar-refractivity contribution in [2.45, 2.75) is 31.7 Å². The number of sulfonamides is 1. The maximum absolute atomic E-state index is 13.0. The number of rotatable bonds is 5. The quantitative estimate of drug-likeness (QED) is 0.609. The highest BCUT2D eigenvalue weighted by molar-refractivity contribution is 7.89. The van der Waals surface area contributed by atoms with Crippen LogP contribution < -0.4 is 4.90 Å². The lowest BCUT2D eigenvalue weighted by atomic mass is 10.1. The Bertz CT molecular complexity index is 983. The number of aryl methyl sites for hydroxylation is 2. The van der Waals surface area contributed by atoms with Gasteiger partial charge in [0.15, 0.2) is 0 Å². The van der Waals surface area contributed by atoms with Crippen molar-refractivity contribution in [1.82, 2.24) is 4.31 Å². The minimum absolute atomic E-state index is 0.0615. The van der Waals surface area contributed by atoms with Gasteiger partial charge in [-0.15, -0.1) is 0 Å². The van der Waals surface area contributed by atoms with Crippen LogP contribution in [-0.4, -0.2) is 43.8 Å². The molecule has 1 fully saturated rings. The van der Waals surface area contributed by atoms with E-state index in [1.165, 1.54) is 11.0 Å². The normalized spacial score (nSPS) is 17.4. The first-order chi connectivity index (χ1) is 13.2. The molecule has 8 heteroatoms. The van der Waals surface area contributed by atoms with E-state index < -0.39 is 10.0 Å². The summed E-state index contributed by atoms with van der Waals surface area (Å²) in [7, 11) is -3.50. The Kier molecular flexibility index (Phi) is 5.83. The van der Waals surface area contributed by atoms with Crippen LogP contribution in [0.25, 0.3) is 0 Å². The Morgan fingerprint density at radius 1 is 1.07 bits per heavy atom. The smallest absolute Gasteiger partial charge is 0.269 e. The van der Waals surface area contributed by atoms with E-state index >= 15 is 0 Å². The molecule has 0 aromatic heterocycles. The minimum atomic E-state index is -3.50. The molecule has 0 spiro atoms. The van der Waals surface area contributed by atoms with Crippen molar-refractivity contribution in [2.75, 3.05) is 26.2 Å². The second-order valence-corrected chi connectivity index (χ2v) is 9.32. The van der Waals surface area contributed by atoms with Gasteiger partial charge in [0.1, 0.15) is 6.04 Å². The van der Waals surface area contributed by atoms with E-state index in [4.69, 9.17) is 0 Å². The first-order valence-corrected chi connectivity index (χ1v) is 10.8. The molecule has 0 radical (unpaired) electrons. The lowest BCUT2D eigenvalue weighted by molar-refractivity contribution is -0.933. The lowest BCUT2D eigenvalue weighted by Gasteiger charge is -2.35. The number of nitrogens with one attached hydrogen (secondary N) is 1. The van der Waals surface area contributed by atoms with Gasteiger partial charge in [-0.2, -0.15) is 4.31 Å². The van der Waals surface area contributed by atoms with E-state index in [9.17, 15) is 18.5 Å². The zero-order chi connectivity index (χ0) is 20.5. The maximum Gasteiger partial charge on any atom is 0.269 e. The molecular weight excluding hydrogens is 378 g/mol. The summed E-state index contributed by atoms with van der Waals surface area (Å²) in [5.74, 6) is 0. The Labute approximate surface area is 165 Å². The summed E-state index contributed by atoms with van der Waals surface area (Å²) in [5, 5.41) is 11.0. The van der Waals surface area contributed by atoms with Crippen LogP contribution in [0.2, 0.25) is 0 Å². The number of hydrogen-bond donors (Lipinski definition) is 1. The van der Waals surface area contributed by atoms with E-state index in [0.29, 0.717) is 31.1 Å². The molecule has 1 aliphatic heterocycles. The number of non-ortho nitro benzene ring substituents is 1. The van der Waals surface area contributed by atoms with Crippen molar-refractivity contribution in [2.24, 2.45) is 0 Å². The molecule has 28 heavy (non-hydrogen) atoms. The van der Waals surface area contributed by atoms with E-state index in [-0.39, 0.29) is 16.7 Å². The van der Waals surface area contributed by atoms with E-state index in [1.54, 1.807) is 28.6 Å². The minimum Gasteiger partial charge on any atom is -0.327 e. The number of nitro benzene ring substituents is 1. The average molecular weight is 405 g/mol. The summed E-state index contributed by atoms with van der Waals surface area (Å²) < 4.78 is 27.5. The molecule has 0 saturated carbocycles. The van der Waals surface area contributed by atoms with Gasteiger partial charge in [0, 0.05) is 17.7 Å². The van der Waals surface area contributed by atoms with Crippen LogP contribution >= 0.6 is 0 Å². The molecule has 0 amide bonds. The van der Waals surface area contributed by atoms with E-state index in [1.807, 2.05) is 32.9 Å². The van der Waals surface area contributed by atoms with Crippen molar-refractivity contribution in [3.05, 3.63) is 69.3 Å². The summed E-state index contributed by atoms with van der Waals surface area (Å²) in [5.41, 5.74) is 3.01. The van der Waals surface area contributed by atoms with Crippen molar-refractivity contribution >= 4 is 15.7 Å². The number of hydrogen-bond acceptors (Lipinski definition) is 4. The average Bonchev–Trinajstić information content (AvgIpc) is 2.69. The first kappa shape index (κ1) is 20.4. The van der Waals surface area contributed by atoms with Gasteiger partial charge in [-0.1, -0.05) is 18.2 Å². The largest absolute Gasteiger partial charge is 0.327 e. The first-order valence-electron chi connectivity index (χ1n) is 9.36. The van der Waals surface area contributed by atoms with Crippen LogP contribution in [0.5, 0.6) is 0 Å². The number of quaternary nitrogens is 1. The fraction of sp³-hybridized carbons (Fsp3) is 0.400. The second-order valence-electron chi connectivity index (χ2n) is 7.38. The summed E-state index contributed by atoms with van der Waals surface area (Å²) >= 11 is 0. The third-order valence-corrected chi connectivity index (χ3v) is 7.57. The summed E-state index contributed by atoms with van der Waals surface area (Å²) in [6.07, 6.45) is 0. The number of benzene rings is 2. The van der Waals surface area contributed by atoms with Crippen LogP contribution in [0.3, 0.4) is 0 Å². The van der Waals surface area contributed by atoms with Crippen molar-refractivity contribution < 1.29 is 18.2 Å². The van der Waals surface area contributed by atoms with Crippen LogP contribution in [0, 0.1) is 24.0 Å². The Balaban J connectivity index is 1.70.